The first-order valence-electron chi connectivity index (χ1n) is 6.06. The third-order valence-corrected chi connectivity index (χ3v) is 5.47. The summed E-state index contributed by atoms with van der Waals surface area (Å²) < 4.78 is 11.4. The molecule has 17 heavy (non-hydrogen) atoms. The quantitative estimate of drug-likeness (QED) is 0.725. The van der Waals surface area contributed by atoms with Crippen molar-refractivity contribution in [3.8, 4) is 0 Å². The van der Waals surface area contributed by atoms with Crippen molar-refractivity contribution in [3.63, 3.8) is 0 Å². The van der Waals surface area contributed by atoms with Crippen molar-refractivity contribution in [3.05, 3.63) is 0 Å². The fourth-order valence-electron chi connectivity index (χ4n) is 2.89. The topological polar surface area (TPSA) is 67.8 Å². The van der Waals surface area contributed by atoms with E-state index in [-0.39, 0.29) is 10.7 Å². The molecule has 5 nitrogen and oxygen atoms in total. The van der Waals surface area contributed by atoms with Crippen molar-refractivity contribution in [2.24, 2.45) is 0 Å². The number of hydrogen-bond acceptors (Lipinski definition) is 5. The van der Waals surface area contributed by atoms with Crippen LogP contribution in [0.4, 0.5) is 0 Å². The van der Waals surface area contributed by atoms with Gasteiger partial charge in [0.25, 0.3) is 0 Å². The SMILES string of the molecule is O=C(O)C1CSC2(CCC3(CC2)OCCO3)N1. The monoisotopic (exact) mass is 259 g/mol. The second kappa shape index (κ2) is 4.12. The summed E-state index contributed by atoms with van der Waals surface area (Å²) >= 11 is 1.74. The molecule has 2 N–H and O–H groups in total. The molecule has 2 aliphatic heterocycles. The summed E-state index contributed by atoms with van der Waals surface area (Å²) in [6.07, 6.45) is 3.56. The second-order valence-electron chi connectivity index (χ2n) is 4.95. The number of thioether (sulfide) groups is 1. The van der Waals surface area contributed by atoms with Crippen LogP contribution in [-0.4, -0.2) is 46.7 Å². The summed E-state index contributed by atoms with van der Waals surface area (Å²) in [7, 11) is 0. The Morgan fingerprint density at radius 3 is 2.41 bits per heavy atom. The molecule has 2 saturated heterocycles. The lowest BCUT2D eigenvalue weighted by Gasteiger charge is -2.41. The van der Waals surface area contributed by atoms with Gasteiger partial charge in [-0.2, -0.15) is 0 Å². The highest BCUT2D eigenvalue weighted by atomic mass is 32.2. The Bertz CT molecular complexity index is 319. The number of carbonyl (C=O) groups is 1. The first-order valence-corrected chi connectivity index (χ1v) is 7.04. The van der Waals surface area contributed by atoms with Crippen LogP contribution in [0.3, 0.4) is 0 Å². The average Bonchev–Trinajstić information content (AvgIpc) is 2.91. The molecule has 0 radical (unpaired) electrons. The van der Waals surface area contributed by atoms with Crippen LogP contribution in [0, 0.1) is 0 Å². The Morgan fingerprint density at radius 2 is 1.88 bits per heavy atom. The molecule has 6 heteroatoms. The van der Waals surface area contributed by atoms with E-state index in [0.717, 1.165) is 25.7 Å². The zero-order valence-electron chi connectivity index (χ0n) is 9.61. The van der Waals surface area contributed by atoms with Gasteiger partial charge in [-0.1, -0.05) is 0 Å². The standard InChI is InChI=1S/C11H17NO4S/c13-9(14)8-7-17-10(12-8)1-3-11(4-2-10)15-5-6-16-11/h8,12H,1-7H2,(H,13,14). The van der Waals surface area contributed by atoms with Crippen LogP contribution in [0.1, 0.15) is 25.7 Å². The molecular weight excluding hydrogens is 242 g/mol. The van der Waals surface area contributed by atoms with E-state index in [1.165, 1.54) is 0 Å². The van der Waals surface area contributed by atoms with Gasteiger partial charge in [-0.25, -0.2) is 0 Å². The highest BCUT2D eigenvalue weighted by Crippen LogP contribution is 2.47. The first-order chi connectivity index (χ1) is 8.13. The Labute approximate surface area is 104 Å². The van der Waals surface area contributed by atoms with Crippen molar-refractivity contribution in [2.45, 2.75) is 42.4 Å². The van der Waals surface area contributed by atoms with E-state index >= 15 is 0 Å². The third kappa shape index (κ3) is 2.07. The molecule has 1 unspecified atom stereocenters. The van der Waals surface area contributed by atoms with Gasteiger partial charge in [-0.3, -0.25) is 10.1 Å². The predicted octanol–water partition coefficient (Wildman–Crippen LogP) is 0.789. The largest absolute Gasteiger partial charge is 0.480 e. The number of hydrogen-bond donors (Lipinski definition) is 2. The van der Waals surface area contributed by atoms with Crippen LogP contribution in [-0.2, 0) is 14.3 Å². The van der Waals surface area contributed by atoms with Crippen molar-refractivity contribution in [1.29, 1.82) is 0 Å². The number of aliphatic carboxylic acids is 1. The molecule has 96 valence electrons. The number of carboxylic acids is 1. The van der Waals surface area contributed by atoms with E-state index in [1.807, 2.05) is 0 Å². The van der Waals surface area contributed by atoms with E-state index in [4.69, 9.17) is 14.6 Å². The molecule has 0 bridgehead atoms. The fraction of sp³-hybridized carbons (Fsp3) is 0.909. The van der Waals surface area contributed by atoms with Crippen LogP contribution in [0.5, 0.6) is 0 Å². The minimum atomic E-state index is -0.747. The molecule has 0 amide bonds. The van der Waals surface area contributed by atoms with Crippen LogP contribution < -0.4 is 5.32 Å². The minimum Gasteiger partial charge on any atom is -0.480 e. The molecule has 3 fully saturated rings. The molecule has 2 heterocycles. The van der Waals surface area contributed by atoms with Gasteiger partial charge in [0.05, 0.1) is 18.1 Å². The van der Waals surface area contributed by atoms with Gasteiger partial charge in [-0.05, 0) is 12.8 Å². The Balaban J connectivity index is 1.63. The molecule has 1 aliphatic carbocycles. The van der Waals surface area contributed by atoms with Crippen LogP contribution >= 0.6 is 11.8 Å². The molecule has 0 aromatic rings. The number of nitrogens with one attached hydrogen (secondary N) is 1. The van der Waals surface area contributed by atoms with Crippen LogP contribution in [0.15, 0.2) is 0 Å². The van der Waals surface area contributed by atoms with Crippen molar-refractivity contribution in [1.82, 2.24) is 5.32 Å². The highest BCUT2D eigenvalue weighted by molar-refractivity contribution is 8.00. The lowest BCUT2D eigenvalue weighted by atomic mass is 9.89. The predicted molar refractivity (Wildman–Crippen MR) is 62.9 cm³/mol. The molecule has 1 atom stereocenters. The normalized spacial score (nSPS) is 34.5. The van der Waals surface area contributed by atoms with E-state index < -0.39 is 12.0 Å². The lowest BCUT2D eigenvalue weighted by molar-refractivity contribution is -0.181. The van der Waals surface area contributed by atoms with Gasteiger partial charge in [-0.15, -0.1) is 11.8 Å². The first kappa shape index (κ1) is 11.8. The van der Waals surface area contributed by atoms with Crippen molar-refractivity contribution in [2.75, 3.05) is 19.0 Å². The van der Waals surface area contributed by atoms with Gasteiger partial charge in [0.15, 0.2) is 5.79 Å². The number of ether oxygens (including phenoxy) is 2. The van der Waals surface area contributed by atoms with Crippen LogP contribution in [0.2, 0.25) is 0 Å². The van der Waals surface area contributed by atoms with Gasteiger partial charge in [0, 0.05) is 18.6 Å². The van der Waals surface area contributed by atoms with Gasteiger partial charge >= 0.3 is 5.97 Å². The Hall–Kier alpha value is -0.300. The smallest absolute Gasteiger partial charge is 0.321 e. The third-order valence-electron chi connectivity index (χ3n) is 3.89. The average molecular weight is 259 g/mol. The van der Waals surface area contributed by atoms with E-state index in [9.17, 15) is 4.79 Å². The summed E-state index contributed by atoms with van der Waals surface area (Å²) in [5.74, 6) is -0.457. The molecule has 3 rings (SSSR count). The Morgan fingerprint density at radius 1 is 1.24 bits per heavy atom. The molecular formula is C11H17NO4S. The van der Waals surface area contributed by atoms with E-state index in [1.54, 1.807) is 11.8 Å². The van der Waals surface area contributed by atoms with Crippen molar-refractivity contribution >= 4 is 17.7 Å². The van der Waals surface area contributed by atoms with Crippen molar-refractivity contribution < 1.29 is 19.4 Å². The highest BCUT2D eigenvalue weighted by Gasteiger charge is 2.50. The summed E-state index contributed by atoms with van der Waals surface area (Å²) in [6.45, 7) is 1.37. The summed E-state index contributed by atoms with van der Waals surface area (Å²) in [5.41, 5.74) is 0. The maximum Gasteiger partial charge on any atom is 0.321 e. The van der Waals surface area contributed by atoms with Gasteiger partial charge < -0.3 is 14.6 Å². The zero-order valence-corrected chi connectivity index (χ0v) is 10.4. The molecule has 2 spiro atoms. The molecule has 1 saturated carbocycles. The maximum absolute atomic E-state index is 11.0. The molecule has 0 aromatic heterocycles. The second-order valence-corrected chi connectivity index (χ2v) is 6.35. The summed E-state index contributed by atoms with van der Waals surface area (Å²) in [6, 6.07) is -0.403. The van der Waals surface area contributed by atoms with E-state index in [0.29, 0.717) is 19.0 Å². The zero-order chi connectivity index (χ0) is 11.9. The Kier molecular flexibility index (Phi) is 2.85. The minimum absolute atomic E-state index is 0.0659. The summed E-state index contributed by atoms with van der Waals surface area (Å²) in [4.78, 5) is 10.9. The lowest BCUT2D eigenvalue weighted by Crippen LogP contribution is -2.50. The number of rotatable bonds is 1. The van der Waals surface area contributed by atoms with Crippen LogP contribution in [0.25, 0.3) is 0 Å². The fourth-order valence-corrected chi connectivity index (χ4v) is 4.32. The summed E-state index contributed by atoms with van der Waals surface area (Å²) in [5, 5.41) is 12.3. The molecule has 0 aromatic carbocycles. The van der Waals surface area contributed by atoms with E-state index in [2.05, 4.69) is 5.32 Å². The van der Waals surface area contributed by atoms with Gasteiger partial charge in [0.1, 0.15) is 6.04 Å². The molecule has 3 aliphatic rings. The number of carboxylic acid groups (broad SMARTS) is 1. The van der Waals surface area contributed by atoms with Gasteiger partial charge in [0.2, 0.25) is 0 Å². The maximum atomic E-state index is 11.0.